The predicted molar refractivity (Wildman–Crippen MR) is 111 cm³/mol. The molecule has 0 saturated heterocycles. The van der Waals surface area contributed by atoms with E-state index >= 15 is 0 Å². The first-order chi connectivity index (χ1) is 13.7. The van der Waals surface area contributed by atoms with Crippen LogP contribution in [-0.4, -0.2) is 46.0 Å². The first-order valence-electron chi connectivity index (χ1n) is 11.0. The highest BCUT2D eigenvalue weighted by molar-refractivity contribution is 4.87. The van der Waals surface area contributed by atoms with Gasteiger partial charge in [-0.1, -0.05) is 84.0 Å². The molecule has 0 aliphatic carbocycles. The number of nitrogens with zero attached hydrogens (tertiary/aromatic N) is 2. The number of nitrogens with one attached hydrogen (secondary N) is 1. The topological polar surface area (TPSA) is 97.3 Å². The van der Waals surface area contributed by atoms with Gasteiger partial charge in [-0.2, -0.15) is 9.97 Å². The van der Waals surface area contributed by atoms with Crippen LogP contribution in [0.4, 0.5) is 0 Å². The summed E-state index contributed by atoms with van der Waals surface area (Å²) in [5, 5.41) is 9.80. The van der Waals surface area contributed by atoms with Gasteiger partial charge in [0.15, 0.2) is 0 Å². The number of unbranched alkanes of at least 4 members (excludes halogenated alkanes) is 12. The third-order valence-corrected chi connectivity index (χ3v) is 4.68. The van der Waals surface area contributed by atoms with E-state index in [1.807, 2.05) is 0 Å². The number of H-pyrrole nitrogens is 1. The third kappa shape index (κ3) is 14.6. The van der Waals surface area contributed by atoms with Crippen molar-refractivity contribution in [3.8, 4) is 6.01 Å². The lowest BCUT2D eigenvalue weighted by Gasteiger charge is -2.11. The standard InChI is InChI=1S/C21H39N3O4/c1-2-3-4-5-6-7-8-9-10-11-12-13-14-15-27-16-19(25)17-28-21-23-18-22-20(26)24-21/h18-19,25H,2-17H2,1H3,(H,22,23,24,26). The lowest BCUT2D eigenvalue weighted by molar-refractivity contribution is 0.00902. The summed E-state index contributed by atoms with van der Waals surface area (Å²) in [7, 11) is 0. The van der Waals surface area contributed by atoms with Gasteiger partial charge >= 0.3 is 5.69 Å². The first-order valence-corrected chi connectivity index (χ1v) is 11.0. The van der Waals surface area contributed by atoms with Gasteiger partial charge in [0.25, 0.3) is 6.01 Å². The molecule has 0 aliphatic heterocycles. The van der Waals surface area contributed by atoms with Gasteiger partial charge in [-0.25, -0.2) is 4.79 Å². The average molecular weight is 398 g/mol. The molecular weight excluding hydrogens is 358 g/mol. The Labute approximate surface area is 169 Å². The molecule has 0 amide bonds. The first kappa shape index (κ1) is 24.6. The van der Waals surface area contributed by atoms with Crippen LogP contribution in [0.5, 0.6) is 6.01 Å². The Morgan fingerprint density at radius 1 is 0.893 bits per heavy atom. The fraction of sp³-hybridized carbons (Fsp3) is 0.857. The zero-order valence-electron chi connectivity index (χ0n) is 17.5. The molecular formula is C21H39N3O4. The molecule has 1 aromatic heterocycles. The molecule has 0 spiro atoms. The summed E-state index contributed by atoms with van der Waals surface area (Å²) in [4.78, 5) is 20.5. The molecule has 1 aromatic rings. The molecule has 162 valence electrons. The van der Waals surface area contributed by atoms with Gasteiger partial charge in [-0.15, -0.1) is 0 Å². The lowest BCUT2D eigenvalue weighted by atomic mass is 10.0. The second kappa shape index (κ2) is 17.6. The summed E-state index contributed by atoms with van der Waals surface area (Å²) in [6.07, 6.45) is 17.6. The van der Waals surface area contributed by atoms with Crippen LogP contribution in [0.1, 0.15) is 90.4 Å². The summed E-state index contributed by atoms with van der Waals surface area (Å²) in [6.45, 7) is 3.15. The van der Waals surface area contributed by atoms with Gasteiger partial charge < -0.3 is 14.6 Å². The minimum Gasteiger partial charge on any atom is -0.462 e. The van der Waals surface area contributed by atoms with Crippen molar-refractivity contribution in [2.45, 2.75) is 96.5 Å². The maximum atomic E-state index is 11.0. The van der Waals surface area contributed by atoms with E-state index < -0.39 is 11.8 Å². The van der Waals surface area contributed by atoms with Crippen molar-refractivity contribution in [3.63, 3.8) is 0 Å². The summed E-state index contributed by atoms with van der Waals surface area (Å²) in [5.41, 5.74) is -0.529. The normalized spacial score (nSPS) is 12.2. The molecule has 0 fully saturated rings. The average Bonchev–Trinajstić information content (AvgIpc) is 2.69. The highest BCUT2D eigenvalue weighted by Crippen LogP contribution is 2.12. The monoisotopic (exact) mass is 397 g/mol. The molecule has 0 aromatic carbocycles. The van der Waals surface area contributed by atoms with Gasteiger partial charge in [-0.05, 0) is 6.42 Å². The largest absolute Gasteiger partial charge is 0.462 e. The number of aliphatic hydroxyl groups excluding tert-OH is 1. The molecule has 0 radical (unpaired) electrons. The molecule has 0 bridgehead atoms. The zero-order chi connectivity index (χ0) is 20.3. The zero-order valence-corrected chi connectivity index (χ0v) is 17.5. The van der Waals surface area contributed by atoms with Crippen molar-refractivity contribution in [1.29, 1.82) is 0 Å². The van der Waals surface area contributed by atoms with E-state index in [2.05, 4.69) is 21.9 Å². The Balaban J connectivity index is 1.80. The van der Waals surface area contributed by atoms with E-state index in [4.69, 9.17) is 9.47 Å². The number of aromatic amines is 1. The second-order valence-electron chi connectivity index (χ2n) is 7.39. The van der Waals surface area contributed by atoms with Crippen molar-refractivity contribution in [2.75, 3.05) is 19.8 Å². The van der Waals surface area contributed by atoms with Crippen LogP contribution in [0.15, 0.2) is 11.1 Å². The summed E-state index contributed by atoms with van der Waals surface area (Å²) in [6, 6.07) is 0.0514. The van der Waals surface area contributed by atoms with Gasteiger partial charge in [-0.3, -0.25) is 4.98 Å². The minimum absolute atomic E-state index is 0.0194. The minimum atomic E-state index is -0.750. The van der Waals surface area contributed by atoms with Crippen molar-refractivity contribution < 1.29 is 14.6 Å². The molecule has 1 heterocycles. The lowest BCUT2D eigenvalue weighted by Crippen LogP contribution is -2.25. The predicted octanol–water partition coefficient (Wildman–Crippen LogP) is 4.01. The van der Waals surface area contributed by atoms with Crippen LogP contribution in [0.2, 0.25) is 0 Å². The smallest absolute Gasteiger partial charge is 0.350 e. The Morgan fingerprint density at radius 2 is 1.46 bits per heavy atom. The van der Waals surface area contributed by atoms with E-state index in [1.165, 1.54) is 77.0 Å². The number of hydrogen-bond acceptors (Lipinski definition) is 6. The molecule has 1 unspecified atom stereocenters. The van der Waals surface area contributed by atoms with E-state index in [9.17, 15) is 9.90 Å². The molecule has 7 nitrogen and oxygen atoms in total. The molecule has 1 atom stereocenters. The van der Waals surface area contributed by atoms with Crippen molar-refractivity contribution >= 4 is 0 Å². The van der Waals surface area contributed by atoms with Crippen LogP contribution >= 0.6 is 0 Å². The molecule has 0 saturated carbocycles. The quantitative estimate of drug-likeness (QED) is 0.342. The Morgan fingerprint density at radius 3 is 2.04 bits per heavy atom. The van der Waals surface area contributed by atoms with E-state index in [-0.39, 0.29) is 19.2 Å². The molecule has 28 heavy (non-hydrogen) atoms. The third-order valence-electron chi connectivity index (χ3n) is 4.68. The van der Waals surface area contributed by atoms with Gasteiger partial charge in [0.1, 0.15) is 19.0 Å². The Bertz CT molecular complexity index is 524. The second-order valence-corrected chi connectivity index (χ2v) is 7.39. The number of aromatic nitrogens is 3. The number of rotatable bonds is 19. The van der Waals surface area contributed by atoms with Gasteiger partial charge in [0.05, 0.1) is 6.61 Å². The van der Waals surface area contributed by atoms with Crippen molar-refractivity contribution in [1.82, 2.24) is 15.0 Å². The van der Waals surface area contributed by atoms with Crippen molar-refractivity contribution in [2.24, 2.45) is 0 Å². The maximum absolute atomic E-state index is 11.0. The van der Waals surface area contributed by atoms with Gasteiger partial charge in [0, 0.05) is 6.61 Å². The number of aliphatic hydroxyl groups is 1. The van der Waals surface area contributed by atoms with Crippen LogP contribution in [-0.2, 0) is 4.74 Å². The van der Waals surface area contributed by atoms with Gasteiger partial charge in [0.2, 0.25) is 0 Å². The summed E-state index contributed by atoms with van der Waals surface area (Å²) >= 11 is 0. The van der Waals surface area contributed by atoms with E-state index in [0.29, 0.717) is 6.61 Å². The number of ether oxygens (including phenoxy) is 2. The van der Waals surface area contributed by atoms with Crippen LogP contribution in [0, 0.1) is 0 Å². The molecule has 1 rings (SSSR count). The van der Waals surface area contributed by atoms with Crippen LogP contribution in [0.25, 0.3) is 0 Å². The number of hydrogen-bond donors (Lipinski definition) is 2. The van der Waals surface area contributed by atoms with Crippen LogP contribution in [0.3, 0.4) is 0 Å². The molecule has 7 heteroatoms. The van der Waals surface area contributed by atoms with E-state index in [0.717, 1.165) is 12.7 Å². The maximum Gasteiger partial charge on any atom is 0.350 e. The Kier molecular flexibility index (Phi) is 15.5. The van der Waals surface area contributed by atoms with Crippen LogP contribution < -0.4 is 10.4 Å². The van der Waals surface area contributed by atoms with Crippen molar-refractivity contribution in [3.05, 3.63) is 16.8 Å². The molecule has 0 aliphatic rings. The summed E-state index contributed by atoms with van der Waals surface area (Å²) in [5.74, 6) is 0. The highest BCUT2D eigenvalue weighted by atomic mass is 16.5. The highest BCUT2D eigenvalue weighted by Gasteiger charge is 2.06. The fourth-order valence-corrected chi connectivity index (χ4v) is 3.03. The fourth-order valence-electron chi connectivity index (χ4n) is 3.03. The SMILES string of the molecule is CCCCCCCCCCCCCCCOCC(O)COc1ncnc(=O)[nH]1. The Hall–Kier alpha value is -1.47. The summed E-state index contributed by atoms with van der Waals surface area (Å²) < 4.78 is 10.7. The van der Waals surface area contributed by atoms with E-state index in [1.54, 1.807) is 0 Å². The molecule has 2 N–H and O–H groups in total.